The molecule has 0 saturated carbocycles. The van der Waals surface area contributed by atoms with E-state index in [1.165, 1.54) is 6.92 Å². The molecule has 0 heterocycles. The Morgan fingerprint density at radius 1 is 1.12 bits per heavy atom. The number of carboxylic acid groups (broad SMARTS) is 1. The number of aliphatic hydroxyl groups is 2. The van der Waals surface area contributed by atoms with Crippen LogP contribution in [0.15, 0.2) is 0 Å². The van der Waals surface area contributed by atoms with Crippen LogP contribution < -0.4 is 21.7 Å². The number of hydrogen-bond donors (Lipinski definition) is 8. The maximum Gasteiger partial charge on any atom is 0.322 e. The lowest BCUT2D eigenvalue weighted by atomic mass is 10.1. The van der Waals surface area contributed by atoms with E-state index in [1.54, 1.807) is 0 Å². The van der Waals surface area contributed by atoms with E-state index in [0.717, 1.165) is 0 Å². The summed E-state index contributed by atoms with van der Waals surface area (Å²) in [7, 11) is 0. The van der Waals surface area contributed by atoms with Gasteiger partial charge in [0.1, 0.15) is 24.7 Å². The molecule has 0 bridgehead atoms. The number of carbonyl (C=O) groups excluding carboxylic acids is 3. The van der Waals surface area contributed by atoms with Gasteiger partial charge in [-0.05, 0) is 6.92 Å². The minimum absolute atomic E-state index is 0.140. The van der Waals surface area contributed by atoms with E-state index in [1.807, 2.05) is 5.32 Å². The molecule has 0 rings (SSSR count). The molecule has 0 fully saturated rings. The topological polar surface area (TPSA) is 191 Å². The van der Waals surface area contributed by atoms with Crippen molar-refractivity contribution in [3.8, 4) is 0 Å². The summed E-state index contributed by atoms with van der Waals surface area (Å²) in [6.45, 7) is -0.0854. The number of aliphatic carboxylic acids is 1. The lowest BCUT2D eigenvalue weighted by Gasteiger charge is -2.24. The number of aliphatic hydroxyl groups excluding tert-OH is 2. The van der Waals surface area contributed by atoms with Gasteiger partial charge in [0.05, 0.1) is 12.7 Å². The summed E-state index contributed by atoms with van der Waals surface area (Å²) in [6, 6.07) is -3.83. The summed E-state index contributed by atoms with van der Waals surface area (Å²) in [6.07, 6.45) is -1.32. The molecule has 12 heteroatoms. The Kier molecular flexibility index (Phi) is 9.95. The smallest absolute Gasteiger partial charge is 0.322 e. The number of nitrogens with two attached hydrogens (primary N) is 1. The van der Waals surface area contributed by atoms with E-state index < -0.39 is 61.1 Å². The Balaban J connectivity index is 4.87. The van der Waals surface area contributed by atoms with Crippen molar-refractivity contribution in [3.63, 3.8) is 0 Å². The zero-order valence-corrected chi connectivity index (χ0v) is 13.8. The van der Waals surface area contributed by atoms with Crippen LogP contribution in [0.2, 0.25) is 0 Å². The monoisotopic (exact) mass is 366 g/mol. The van der Waals surface area contributed by atoms with E-state index in [9.17, 15) is 24.3 Å². The van der Waals surface area contributed by atoms with Gasteiger partial charge in [-0.3, -0.25) is 19.2 Å². The van der Waals surface area contributed by atoms with Gasteiger partial charge in [0.2, 0.25) is 17.7 Å². The van der Waals surface area contributed by atoms with Crippen LogP contribution in [0.5, 0.6) is 0 Å². The van der Waals surface area contributed by atoms with Gasteiger partial charge >= 0.3 is 5.97 Å². The summed E-state index contributed by atoms with van der Waals surface area (Å²) in [4.78, 5) is 45.9. The molecule has 24 heavy (non-hydrogen) atoms. The standard InChI is InChI=1S/C12H22N4O7S/c1-5(18)9(12(23)14-2-8(19)20)16-11(22)7(4-24)15-10(21)6(13)3-17/h5-7,9,17-18,24H,2-4,13H2,1H3,(H,14,23)(H,15,21)(H,16,22)(H,19,20). The van der Waals surface area contributed by atoms with Crippen LogP contribution in [-0.2, 0) is 19.2 Å². The second-order valence-corrected chi connectivity index (χ2v) is 5.24. The van der Waals surface area contributed by atoms with Crippen LogP contribution in [0.4, 0.5) is 0 Å². The lowest BCUT2D eigenvalue weighted by Crippen LogP contribution is -2.59. The van der Waals surface area contributed by atoms with Gasteiger partial charge in [-0.1, -0.05) is 0 Å². The second kappa shape index (κ2) is 10.8. The summed E-state index contributed by atoms with van der Waals surface area (Å²) in [5, 5.41) is 33.3. The van der Waals surface area contributed by atoms with E-state index in [0.29, 0.717) is 0 Å². The fourth-order valence-electron chi connectivity index (χ4n) is 1.49. The zero-order valence-electron chi connectivity index (χ0n) is 12.9. The second-order valence-electron chi connectivity index (χ2n) is 4.87. The molecule has 8 N–H and O–H groups in total. The number of hydrogen-bond acceptors (Lipinski definition) is 8. The van der Waals surface area contributed by atoms with Crippen molar-refractivity contribution in [2.75, 3.05) is 18.9 Å². The zero-order chi connectivity index (χ0) is 18.9. The van der Waals surface area contributed by atoms with Crippen molar-refractivity contribution in [1.29, 1.82) is 0 Å². The van der Waals surface area contributed by atoms with Gasteiger partial charge in [0, 0.05) is 5.75 Å². The first-order chi connectivity index (χ1) is 11.1. The molecule has 4 unspecified atom stereocenters. The molecule has 0 aromatic rings. The van der Waals surface area contributed by atoms with E-state index in [-0.39, 0.29) is 5.75 Å². The average Bonchev–Trinajstić information content (AvgIpc) is 2.53. The number of thiol groups is 1. The summed E-state index contributed by atoms with van der Waals surface area (Å²) < 4.78 is 0. The Labute approximate surface area is 143 Å². The number of amides is 3. The molecule has 0 aliphatic rings. The first kappa shape index (κ1) is 22.1. The van der Waals surface area contributed by atoms with Gasteiger partial charge < -0.3 is 37.0 Å². The average molecular weight is 366 g/mol. The van der Waals surface area contributed by atoms with Crippen LogP contribution in [0, 0.1) is 0 Å². The molecule has 138 valence electrons. The van der Waals surface area contributed by atoms with Crippen LogP contribution in [0.1, 0.15) is 6.92 Å². The minimum Gasteiger partial charge on any atom is -0.480 e. The van der Waals surface area contributed by atoms with E-state index in [2.05, 4.69) is 23.3 Å². The van der Waals surface area contributed by atoms with Crippen LogP contribution in [-0.4, -0.2) is 82.1 Å². The fourth-order valence-corrected chi connectivity index (χ4v) is 1.74. The summed E-state index contributed by atoms with van der Waals surface area (Å²) in [5.41, 5.74) is 5.31. The van der Waals surface area contributed by atoms with Gasteiger partial charge in [0.15, 0.2) is 0 Å². The molecule has 11 nitrogen and oxygen atoms in total. The summed E-state index contributed by atoms with van der Waals surface area (Å²) in [5.74, 6) is -3.97. The number of rotatable bonds is 10. The van der Waals surface area contributed by atoms with Crippen LogP contribution in [0.25, 0.3) is 0 Å². The predicted molar refractivity (Wildman–Crippen MR) is 85.1 cm³/mol. The largest absolute Gasteiger partial charge is 0.480 e. The van der Waals surface area contributed by atoms with Crippen molar-refractivity contribution < 1.29 is 34.5 Å². The van der Waals surface area contributed by atoms with Crippen molar-refractivity contribution in [2.45, 2.75) is 31.2 Å². The van der Waals surface area contributed by atoms with Crippen LogP contribution >= 0.6 is 12.6 Å². The highest BCUT2D eigenvalue weighted by Gasteiger charge is 2.30. The predicted octanol–water partition coefficient (Wildman–Crippen LogP) is -4.21. The van der Waals surface area contributed by atoms with E-state index in [4.69, 9.17) is 15.9 Å². The highest BCUT2D eigenvalue weighted by molar-refractivity contribution is 7.80. The maximum atomic E-state index is 12.1. The molecule has 0 aliphatic carbocycles. The van der Waals surface area contributed by atoms with Gasteiger partial charge in [-0.25, -0.2) is 0 Å². The molecule has 3 amide bonds. The van der Waals surface area contributed by atoms with E-state index >= 15 is 0 Å². The third-order valence-electron chi connectivity index (χ3n) is 2.83. The van der Waals surface area contributed by atoms with Crippen molar-refractivity contribution in [3.05, 3.63) is 0 Å². The van der Waals surface area contributed by atoms with Crippen molar-refractivity contribution in [1.82, 2.24) is 16.0 Å². The van der Waals surface area contributed by atoms with Crippen molar-refractivity contribution >= 4 is 36.3 Å². The number of carbonyl (C=O) groups is 4. The quantitative estimate of drug-likeness (QED) is 0.178. The summed E-state index contributed by atoms with van der Waals surface area (Å²) >= 11 is 3.90. The number of carboxylic acids is 1. The molecule has 0 spiro atoms. The Morgan fingerprint density at radius 3 is 2.12 bits per heavy atom. The van der Waals surface area contributed by atoms with Crippen molar-refractivity contribution in [2.24, 2.45) is 5.73 Å². The first-order valence-corrected chi connectivity index (χ1v) is 7.52. The molecule has 0 aliphatic heterocycles. The molecular formula is C12H22N4O7S. The highest BCUT2D eigenvalue weighted by atomic mass is 32.1. The molecule has 0 aromatic heterocycles. The first-order valence-electron chi connectivity index (χ1n) is 6.89. The molecular weight excluding hydrogens is 344 g/mol. The Morgan fingerprint density at radius 2 is 1.71 bits per heavy atom. The highest BCUT2D eigenvalue weighted by Crippen LogP contribution is 1.97. The Bertz CT molecular complexity index is 474. The minimum atomic E-state index is -1.43. The maximum absolute atomic E-state index is 12.1. The van der Waals surface area contributed by atoms with Gasteiger partial charge in [0.25, 0.3) is 0 Å². The van der Waals surface area contributed by atoms with Crippen LogP contribution in [0.3, 0.4) is 0 Å². The lowest BCUT2D eigenvalue weighted by molar-refractivity contribution is -0.139. The number of nitrogens with one attached hydrogen (secondary N) is 3. The molecule has 4 atom stereocenters. The SMILES string of the molecule is CC(O)C(NC(=O)C(CS)NC(=O)C(N)CO)C(=O)NCC(=O)O. The normalized spacial score (nSPS) is 15.5. The molecule has 0 saturated heterocycles. The fraction of sp³-hybridized carbons (Fsp3) is 0.667. The molecule has 0 radical (unpaired) electrons. The van der Waals surface area contributed by atoms with Gasteiger partial charge in [-0.15, -0.1) is 0 Å². The third kappa shape index (κ3) is 7.59. The molecule has 0 aromatic carbocycles. The Hall–Kier alpha value is -1.89. The third-order valence-corrected chi connectivity index (χ3v) is 3.19. The van der Waals surface area contributed by atoms with Gasteiger partial charge in [-0.2, -0.15) is 12.6 Å².